The van der Waals surface area contributed by atoms with Crippen LogP contribution >= 0.6 is 11.8 Å². The molecule has 0 spiro atoms. The van der Waals surface area contributed by atoms with Gasteiger partial charge in [0.1, 0.15) is 0 Å². The van der Waals surface area contributed by atoms with Crippen molar-refractivity contribution < 1.29 is 4.79 Å². The van der Waals surface area contributed by atoms with Gasteiger partial charge in [0.15, 0.2) is 0 Å². The molecule has 0 saturated carbocycles. The van der Waals surface area contributed by atoms with Crippen LogP contribution in [0.4, 0.5) is 0 Å². The molecule has 102 valence electrons. The lowest BCUT2D eigenvalue weighted by Gasteiger charge is -2.27. The van der Waals surface area contributed by atoms with Crippen LogP contribution in [0.25, 0.3) is 0 Å². The van der Waals surface area contributed by atoms with Crippen molar-refractivity contribution in [2.45, 2.75) is 64.2 Å². The van der Waals surface area contributed by atoms with Gasteiger partial charge in [-0.15, -0.1) is 0 Å². The Kier molecular flexibility index (Phi) is 8.70. The molecule has 0 rings (SSSR count). The topological polar surface area (TPSA) is 55.1 Å². The van der Waals surface area contributed by atoms with E-state index in [1.165, 1.54) is 6.42 Å². The van der Waals surface area contributed by atoms with Gasteiger partial charge < -0.3 is 11.1 Å². The minimum atomic E-state index is -0.536. The predicted octanol–water partition coefficient (Wildman–Crippen LogP) is 2.54. The first-order chi connectivity index (χ1) is 7.96. The van der Waals surface area contributed by atoms with Crippen LogP contribution in [0.5, 0.6) is 0 Å². The van der Waals surface area contributed by atoms with Crippen LogP contribution in [-0.2, 0) is 4.79 Å². The maximum absolute atomic E-state index is 11.5. The normalized spacial score (nSPS) is 16.5. The first-order valence-corrected chi connectivity index (χ1v) is 7.67. The van der Waals surface area contributed by atoms with Gasteiger partial charge in [-0.3, -0.25) is 4.79 Å². The van der Waals surface area contributed by atoms with E-state index in [0.29, 0.717) is 5.25 Å². The largest absolute Gasteiger partial charge is 0.368 e. The van der Waals surface area contributed by atoms with Gasteiger partial charge in [0.05, 0.1) is 5.54 Å². The summed E-state index contributed by atoms with van der Waals surface area (Å²) in [4.78, 5) is 11.5. The smallest absolute Gasteiger partial charge is 0.237 e. The van der Waals surface area contributed by atoms with E-state index in [1.807, 2.05) is 18.7 Å². The van der Waals surface area contributed by atoms with Crippen LogP contribution in [0.2, 0.25) is 0 Å². The summed E-state index contributed by atoms with van der Waals surface area (Å²) in [5, 5.41) is 3.97. The Bertz CT molecular complexity index is 223. The molecule has 1 amide bonds. The van der Waals surface area contributed by atoms with Crippen molar-refractivity contribution in [3.8, 4) is 0 Å². The molecule has 0 aliphatic rings. The molecule has 0 aliphatic heterocycles. The number of carbonyl (C=O) groups excluding carboxylic acids is 1. The lowest BCUT2D eigenvalue weighted by atomic mass is 9.95. The molecule has 2 atom stereocenters. The fourth-order valence-electron chi connectivity index (χ4n) is 1.53. The highest BCUT2D eigenvalue weighted by Crippen LogP contribution is 2.19. The fraction of sp³-hybridized carbons (Fsp3) is 0.923. The predicted molar refractivity (Wildman–Crippen MR) is 77.3 cm³/mol. The molecule has 0 aliphatic carbocycles. The number of carbonyl (C=O) groups is 1. The molecule has 3 N–H and O–H groups in total. The zero-order valence-electron chi connectivity index (χ0n) is 11.7. The third-order valence-corrected chi connectivity index (χ3v) is 4.53. The first-order valence-electron chi connectivity index (χ1n) is 6.62. The van der Waals surface area contributed by atoms with E-state index in [9.17, 15) is 4.79 Å². The summed E-state index contributed by atoms with van der Waals surface area (Å²) in [6.07, 6.45) is 4.08. The van der Waals surface area contributed by atoms with Gasteiger partial charge in [0.25, 0.3) is 0 Å². The van der Waals surface area contributed by atoms with Crippen LogP contribution in [0.15, 0.2) is 0 Å². The second-order valence-electron chi connectivity index (χ2n) is 4.82. The Morgan fingerprint density at radius 2 is 2.12 bits per heavy atom. The highest BCUT2D eigenvalue weighted by Gasteiger charge is 2.29. The minimum absolute atomic E-state index is 0.237. The van der Waals surface area contributed by atoms with Crippen LogP contribution in [0.3, 0.4) is 0 Å². The maximum atomic E-state index is 11.5. The SMILES string of the molecule is CCCNC(C)(CCCSC(C)CC)C(N)=O. The third-order valence-electron chi connectivity index (χ3n) is 3.11. The molecule has 17 heavy (non-hydrogen) atoms. The fourth-order valence-corrected chi connectivity index (χ4v) is 2.48. The first kappa shape index (κ1) is 16.8. The number of nitrogens with two attached hydrogens (primary N) is 1. The maximum Gasteiger partial charge on any atom is 0.237 e. The molecule has 0 aromatic carbocycles. The molecule has 0 radical (unpaired) electrons. The summed E-state index contributed by atoms with van der Waals surface area (Å²) < 4.78 is 0. The van der Waals surface area contributed by atoms with Crippen molar-refractivity contribution in [3.63, 3.8) is 0 Å². The Morgan fingerprint density at radius 3 is 2.59 bits per heavy atom. The van der Waals surface area contributed by atoms with Gasteiger partial charge in [-0.05, 0) is 44.9 Å². The zero-order valence-corrected chi connectivity index (χ0v) is 12.5. The van der Waals surface area contributed by atoms with E-state index >= 15 is 0 Å². The summed E-state index contributed by atoms with van der Waals surface area (Å²) in [7, 11) is 0. The van der Waals surface area contributed by atoms with Crippen molar-refractivity contribution in [1.29, 1.82) is 0 Å². The number of hydrogen-bond acceptors (Lipinski definition) is 3. The lowest BCUT2D eigenvalue weighted by Crippen LogP contribution is -2.53. The summed E-state index contributed by atoms with van der Waals surface area (Å²) >= 11 is 1.97. The number of rotatable bonds is 10. The van der Waals surface area contributed by atoms with E-state index < -0.39 is 5.54 Å². The summed E-state index contributed by atoms with van der Waals surface area (Å²) in [6, 6.07) is 0. The number of thioether (sulfide) groups is 1. The van der Waals surface area contributed by atoms with Gasteiger partial charge in [-0.2, -0.15) is 11.8 Å². The average Bonchev–Trinajstić information content (AvgIpc) is 2.31. The van der Waals surface area contributed by atoms with Crippen LogP contribution in [0, 0.1) is 0 Å². The van der Waals surface area contributed by atoms with E-state index in [2.05, 4.69) is 26.1 Å². The van der Waals surface area contributed by atoms with Crippen molar-refractivity contribution in [2.75, 3.05) is 12.3 Å². The van der Waals surface area contributed by atoms with E-state index in [-0.39, 0.29) is 5.91 Å². The second kappa shape index (κ2) is 8.81. The third kappa shape index (κ3) is 6.94. The number of primary amides is 1. The average molecular weight is 260 g/mol. The Hall–Kier alpha value is -0.220. The van der Waals surface area contributed by atoms with Gasteiger partial charge in [0.2, 0.25) is 5.91 Å². The Morgan fingerprint density at radius 1 is 1.47 bits per heavy atom. The molecular weight excluding hydrogens is 232 g/mol. The number of hydrogen-bond donors (Lipinski definition) is 2. The zero-order chi connectivity index (χ0) is 13.3. The number of nitrogens with one attached hydrogen (secondary N) is 1. The molecule has 2 unspecified atom stereocenters. The molecular formula is C13H28N2OS. The quantitative estimate of drug-likeness (QED) is 0.594. The minimum Gasteiger partial charge on any atom is -0.368 e. The van der Waals surface area contributed by atoms with E-state index in [1.54, 1.807) is 0 Å². The van der Waals surface area contributed by atoms with Gasteiger partial charge in [-0.1, -0.05) is 20.8 Å². The number of amides is 1. The monoisotopic (exact) mass is 260 g/mol. The van der Waals surface area contributed by atoms with Crippen molar-refractivity contribution >= 4 is 17.7 Å². The molecule has 0 bridgehead atoms. The molecule has 0 aromatic heterocycles. The summed E-state index contributed by atoms with van der Waals surface area (Å²) in [6.45, 7) is 9.30. The molecule has 0 saturated heterocycles. The van der Waals surface area contributed by atoms with Crippen molar-refractivity contribution in [1.82, 2.24) is 5.32 Å². The molecule has 0 fully saturated rings. The standard InChI is InChI=1S/C13H28N2OS/c1-5-9-15-13(4,12(14)16)8-7-10-17-11(3)6-2/h11,15H,5-10H2,1-4H3,(H2,14,16). The highest BCUT2D eigenvalue weighted by molar-refractivity contribution is 7.99. The Labute approximate surface area is 110 Å². The molecule has 0 aromatic rings. The molecule has 3 nitrogen and oxygen atoms in total. The summed E-state index contributed by atoms with van der Waals surface area (Å²) in [5.74, 6) is 0.866. The van der Waals surface area contributed by atoms with E-state index in [0.717, 1.165) is 31.6 Å². The van der Waals surface area contributed by atoms with Crippen LogP contribution < -0.4 is 11.1 Å². The summed E-state index contributed by atoms with van der Waals surface area (Å²) in [5.41, 5.74) is 4.94. The lowest BCUT2D eigenvalue weighted by molar-refractivity contribution is -0.124. The highest BCUT2D eigenvalue weighted by atomic mass is 32.2. The van der Waals surface area contributed by atoms with Crippen molar-refractivity contribution in [3.05, 3.63) is 0 Å². The molecule has 4 heteroatoms. The second-order valence-corrected chi connectivity index (χ2v) is 6.36. The van der Waals surface area contributed by atoms with Gasteiger partial charge >= 0.3 is 0 Å². The van der Waals surface area contributed by atoms with Crippen LogP contribution in [0.1, 0.15) is 53.4 Å². The van der Waals surface area contributed by atoms with E-state index in [4.69, 9.17) is 5.73 Å². The van der Waals surface area contributed by atoms with Crippen molar-refractivity contribution in [2.24, 2.45) is 5.73 Å². The van der Waals surface area contributed by atoms with Gasteiger partial charge in [-0.25, -0.2) is 0 Å². The van der Waals surface area contributed by atoms with Gasteiger partial charge in [0, 0.05) is 5.25 Å². The van der Waals surface area contributed by atoms with Crippen LogP contribution in [-0.4, -0.2) is 29.0 Å². The Balaban J connectivity index is 3.96. The molecule has 0 heterocycles.